The molecule has 0 aliphatic heterocycles. The number of aldehydes is 1. The Morgan fingerprint density at radius 1 is 1.44 bits per heavy atom. The summed E-state index contributed by atoms with van der Waals surface area (Å²) >= 11 is 1.51. The van der Waals surface area contributed by atoms with Gasteiger partial charge >= 0.3 is 0 Å². The van der Waals surface area contributed by atoms with Crippen molar-refractivity contribution in [2.75, 3.05) is 18.1 Å². The number of rotatable bonds is 5. The van der Waals surface area contributed by atoms with E-state index in [1.807, 2.05) is 12.1 Å². The van der Waals surface area contributed by atoms with E-state index in [-0.39, 0.29) is 6.61 Å². The third-order valence-electron chi connectivity index (χ3n) is 3.12. The summed E-state index contributed by atoms with van der Waals surface area (Å²) in [6, 6.07) is 4.39. The quantitative estimate of drug-likeness (QED) is 0.802. The van der Waals surface area contributed by atoms with E-state index in [2.05, 4.69) is 4.90 Å². The lowest BCUT2D eigenvalue weighted by Gasteiger charge is -2.28. The summed E-state index contributed by atoms with van der Waals surface area (Å²) in [5, 5.41) is 10.2. The van der Waals surface area contributed by atoms with E-state index >= 15 is 0 Å². The molecule has 88 valence electrons. The molecular weight excluding hydrogens is 222 g/mol. The average Bonchev–Trinajstić information content (AvgIpc) is 2.97. The van der Waals surface area contributed by atoms with Crippen LogP contribution in [0.15, 0.2) is 12.1 Å². The number of carbonyl (C=O) groups excluding carboxylic acids is 1. The molecule has 0 spiro atoms. The highest BCUT2D eigenvalue weighted by molar-refractivity contribution is 7.17. The number of carbonyl (C=O) groups is 1. The van der Waals surface area contributed by atoms with Gasteiger partial charge < -0.3 is 10.0 Å². The zero-order valence-corrected chi connectivity index (χ0v) is 10.1. The number of anilines is 1. The monoisotopic (exact) mass is 239 g/mol. The van der Waals surface area contributed by atoms with Crippen molar-refractivity contribution in [3.8, 4) is 0 Å². The fourth-order valence-electron chi connectivity index (χ4n) is 2.36. The molecule has 0 aromatic carbocycles. The maximum Gasteiger partial charge on any atom is 0.160 e. The number of hydrogen-bond donors (Lipinski definition) is 1. The smallest absolute Gasteiger partial charge is 0.160 e. The number of thiophene rings is 1. The van der Waals surface area contributed by atoms with E-state index in [0.29, 0.717) is 12.6 Å². The molecule has 1 saturated carbocycles. The first-order chi connectivity index (χ1) is 7.85. The Morgan fingerprint density at radius 2 is 2.19 bits per heavy atom. The van der Waals surface area contributed by atoms with E-state index < -0.39 is 0 Å². The molecule has 16 heavy (non-hydrogen) atoms. The van der Waals surface area contributed by atoms with Crippen molar-refractivity contribution in [3.63, 3.8) is 0 Å². The number of aliphatic hydroxyl groups is 1. The average molecular weight is 239 g/mol. The Bertz CT molecular complexity index is 345. The predicted octanol–water partition coefficient (Wildman–Crippen LogP) is 2.30. The minimum Gasteiger partial charge on any atom is -0.395 e. The van der Waals surface area contributed by atoms with Crippen LogP contribution in [0.5, 0.6) is 0 Å². The number of aliphatic hydroxyl groups excluding tert-OH is 1. The minimum atomic E-state index is 0.171. The second-order valence-electron chi connectivity index (χ2n) is 4.15. The van der Waals surface area contributed by atoms with Crippen molar-refractivity contribution >= 4 is 22.6 Å². The fraction of sp³-hybridized carbons (Fsp3) is 0.583. The van der Waals surface area contributed by atoms with Gasteiger partial charge in [-0.15, -0.1) is 11.3 Å². The molecule has 1 heterocycles. The highest BCUT2D eigenvalue weighted by Gasteiger charge is 2.23. The molecule has 4 heteroatoms. The lowest BCUT2D eigenvalue weighted by atomic mass is 10.2. The number of nitrogens with zero attached hydrogens (tertiary/aromatic N) is 1. The van der Waals surface area contributed by atoms with E-state index in [9.17, 15) is 4.79 Å². The zero-order valence-electron chi connectivity index (χ0n) is 9.26. The Labute approximate surface area is 99.7 Å². The van der Waals surface area contributed by atoms with Crippen molar-refractivity contribution in [2.24, 2.45) is 0 Å². The zero-order chi connectivity index (χ0) is 11.4. The second kappa shape index (κ2) is 5.46. The molecule has 1 aromatic rings. The molecule has 0 unspecified atom stereocenters. The van der Waals surface area contributed by atoms with E-state index in [0.717, 1.165) is 16.2 Å². The highest BCUT2D eigenvalue weighted by atomic mass is 32.1. The standard InChI is InChI=1S/C12H17NO2S/c14-8-7-13(10-3-1-2-4-10)12-6-5-11(9-15)16-12/h5-6,9-10,14H,1-4,7-8H2. The minimum absolute atomic E-state index is 0.171. The summed E-state index contributed by atoms with van der Waals surface area (Å²) in [4.78, 5) is 13.7. The summed E-state index contributed by atoms with van der Waals surface area (Å²) in [6.45, 7) is 0.842. The summed E-state index contributed by atoms with van der Waals surface area (Å²) in [7, 11) is 0. The fourth-order valence-corrected chi connectivity index (χ4v) is 3.28. The van der Waals surface area contributed by atoms with E-state index in [4.69, 9.17) is 5.11 Å². The SMILES string of the molecule is O=Cc1ccc(N(CCO)C2CCCC2)s1. The molecule has 0 radical (unpaired) electrons. The Morgan fingerprint density at radius 3 is 2.75 bits per heavy atom. The molecule has 1 aromatic heterocycles. The van der Waals surface area contributed by atoms with Gasteiger partial charge in [0, 0.05) is 12.6 Å². The van der Waals surface area contributed by atoms with Crippen LogP contribution in [0.3, 0.4) is 0 Å². The van der Waals surface area contributed by atoms with Crippen molar-refractivity contribution in [1.29, 1.82) is 0 Å². The van der Waals surface area contributed by atoms with Gasteiger partial charge in [-0.2, -0.15) is 0 Å². The van der Waals surface area contributed by atoms with Gasteiger partial charge in [0.05, 0.1) is 16.5 Å². The van der Waals surface area contributed by atoms with Gasteiger partial charge in [-0.05, 0) is 25.0 Å². The van der Waals surface area contributed by atoms with Crippen molar-refractivity contribution < 1.29 is 9.90 Å². The van der Waals surface area contributed by atoms with Gasteiger partial charge in [-0.25, -0.2) is 0 Å². The molecule has 0 saturated heterocycles. The van der Waals surface area contributed by atoms with Crippen LogP contribution in [-0.2, 0) is 0 Å². The Kier molecular flexibility index (Phi) is 3.96. The Balaban J connectivity index is 2.13. The topological polar surface area (TPSA) is 40.5 Å². The first-order valence-electron chi connectivity index (χ1n) is 5.77. The van der Waals surface area contributed by atoms with Gasteiger partial charge in [-0.1, -0.05) is 12.8 Å². The lowest BCUT2D eigenvalue weighted by molar-refractivity contribution is 0.112. The van der Waals surface area contributed by atoms with Crippen LogP contribution in [-0.4, -0.2) is 30.6 Å². The van der Waals surface area contributed by atoms with E-state index in [1.165, 1.54) is 37.0 Å². The predicted molar refractivity (Wildman–Crippen MR) is 66.4 cm³/mol. The summed E-state index contributed by atoms with van der Waals surface area (Å²) in [5.41, 5.74) is 0. The molecule has 0 amide bonds. The van der Waals surface area contributed by atoms with Crippen LogP contribution in [0.2, 0.25) is 0 Å². The largest absolute Gasteiger partial charge is 0.395 e. The maximum atomic E-state index is 10.7. The van der Waals surface area contributed by atoms with Crippen LogP contribution in [0.25, 0.3) is 0 Å². The molecule has 1 N–H and O–H groups in total. The summed E-state index contributed by atoms with van der Waals surface area (Å²) in [6.07, 6.45) is 5.85. The van der Waals surface area contributed by atoms with E-state index in [1.54, 1.807) is 0 Å². The third-order valence-corrected chi connectivity index (χ3v) is 4.17. The van der Waals surface area contributed by atoms with Crippen molar-refractivity contribution in [2.45, 2.75) is 31.7 Å². The van der Waals surface area contributed by atoms with Gasteiger partial charge in [-0.3, -0.25) is 4.79 Å². The molecule has 1 fully saturated rings. The summed E-state index contributed by atoms with van der Waals surface area (Å²) in [5.74, 6) is 0. The lowest BCUT2D eigenvalue weighted by Crippen LogP contribution is -2.34. The molecule has 0 atom stereocenters. The molecule has 3 nitrogen and oxygen atoms in total. The Hall–Kier alpha value is -0.870. The normalized spacial score (nSPS) is 16.6. The van der Waals surface area contributed by atoms with Gasteiger partial charge in [0.15, 0.2) is 6.29 Å². The highest BCUT2D eigenvalue weighted by Crippen LogP contribution is 2.32. The van der Waals surface area contributed by atoms with Crippen LogP contribution >= 0.6 is 11.3 Å². The first kappa shape index (κ1) is 11.6. The van der Waals surface area contributed by atoms with Crippen molar-refractivity contribution in [3.05, 3.63) is 17.0 Å². The van der Waals surface area contributed by atoms with Gasteiger partial charge in [0.1, 0.15) is 0 Å². The number of hydrogen-bond acceptors (Lipinski definition) is 4. The van der Waals surface area contributed by atoms with Crippen LogP contribution in [0, 0.1) is 0 Å². The summed E-state index contributed by atoms with van der Waals surface area (Å²) < 4.78 is 0. The molecule has 2 rings (SSSR count). The van der Waals surface area contributed by atoms with Crippen LogP contribution in [0.4, 0.5) is 5.00 Å². The third kappa shape index (κ3) is 2.44. The van der Waals surface area contributed by atoms with Crippen LogP contribution in [0.1, 0.15) is 35.4 Å². The molecular formula is C12H17NO2S. The first-order valence-corrected chi connectivity index (χ1v) is 6.59. The van der Waals surface area contributed by atoms with Crippen molar-refractivity contribution in [1.82, 2.24) is 0 Å². The maximum absolute atomic E-state index is 10.7. The van der Waals surface area contributed by atoms with Gasteiger partial charge in [0.25, 0.3) is 0 Å². The molecule has 0 bridgehead atoms. The second-order valence-corrected chi connectivity index (χ2v) is 5.24. The van der Waals surface area contributed by atoms with Gasteiger partial charge in [0.2, 0.25) is 0 Å². The molecule has 1 aliphatic carbocycles. The molecule has 1 aliphatic rings. The van der Waals surface area contributed by atoms with Crippen LogP contribution < -0.4 is 4.90 Å².